The first-order chi connectivity index (χ1) is 9.13. The molecule has 0 N–H and O–H groups in total. The zero-order chi connectivity index (χ0) is 13.8. The van der Waals surface area contributed by atoms with Crippen molar-refractivity contribution in [1.82, 2.24) is 0 Å². The average Bonchev–Trinajstić information content (AvgIpc) is 2.39. The molecule has 2 aromatic carbocycles. The van der Waals surface area contributed by atoms with Crippen LogP contribution in [0.5, 0.6) is 5.75 Å². The summed E-state index contributed by atoms with van der Waals surface area (Å²) in [6.45, 7) is 0. The van der Waals surface area contributed by atoms with Crippen molar-refractivity contribution in [3.63, 3.8) is 0 Å². The molecule has 1 atom stereocenters. The zero-order valence-corrected chi connectivity index (χ0v) is 12.7. The Labute approximate surface area is 125 Å². The van der Waals surface area contributed by atoms with E-state index in [0.717, 1.165) is 11.3 Å². The molecule has 2 aromatic rings. The molecule has 4 heteroatoms. The van der Waals surface area contributed by atoms with Crippen molar-refractivity contribution in [1.29, 1.82) is 0 Å². The van der Waals surface area contributed by atoms with Crippen LogP contribution in [0.15, 0.2) is 42.5 Å². The molecule has 100 valence electrons. The quantitative estimate of drug-likeness (QED) is 0.696. The fraction of sp³-hybridized carbons (Fsp3) is 0.200. The lowest BCUT2D eigenvalue weighted by molar-refractivity contribution is 0.409. The van der Waals surface area contributed by atoms with Crippen LogP contribution in [0.4, 0.5) is 4.39 Å². The number of halogens is 3. The van der Waals surface area contributed by atoms with E-state index in [9.17, 15) is 4.39 Å². The highest BCUT2D eigenvalue weighted by atomic mass is 79.9. The monoisotopic (exact) mass is 342 g/mol. The molecule has 0 radical (unpaired) electrons. The number of ether oxygens (including phenoxy) is 1. The van der Waals surface area contributed by atoms with Crippen LogP contribution in [0.1, 0.15) is 16.0 Å². The molecule has 0 bridgehead atoms. The van der Waals surface area contributed by atoms with Gasteiger partial charge in [0.15, 0.2) is 0 Å². The molecule has 1 unspecified atom stereocenters. The maximum atomic E-state index is 13.8. The Kier molecular flexibility index (Phi) is 4.83. The number of benzene rings is 2. The van der Waals surface area contributed by atoms with E-state index < -0.39 is 0 Å². The van der Waals surface area contributed by atoms with Gasteiger partial charge < -0.3 is 4.74 Å². The van der Waals surface area contributed by atoms with Gasteiger partial charge in [-0.15, -0.1) is 0 Å². The number of hydrogen-bond donors (Lipinski definition) is 0. The molecule has 0 fully saturated rings. The van der Waals surface area contributed by atoms with Gasteiger partial charge in [-0.05, 0) is 30.2 Å². The van der Waals surface area contributed by atoms with E-state index in [1.807, 2.05) is 24.3 Å². The molecular weight excluding hydrogens is 331 g/mol. The third-order valence-electron chi connectivity index (χ3n) is 2.90. The normalized spacial score (nSPS) is 12.2. The molecular formula is C15H13BrClFO. The highest BCUT2D eigenvalue weighted by Gasteiger charge is 2.18. The van der Waals surface area contributed by atoms with Crippen molar-refractivity contribution in [2.24, 2.45) is 0 Å². The lowest BCUT2D eigenvalue weighted by Gasteiger charge is -2.15. The Balaban J connectivity index is 2.28. The molecule has 0 aliphatic rings. The van der Waals surface area contributed by atoms with Crippen molar-refractivity contribution in [2.45, 2.75) is 11.2 Å². The maximum Gasteiger partial charge on any atom is 0.129 e. The van der Waals surface area contributed by atoms with Crippen molar-refractivity contribution >= 4 is 27.5 Å². The smallest absolute Gasteiger partial charge is 0.129 e. The summed E-state index contributed by atoms with van der Waals surface area (Å²) >= 11 is 9.57. The van der Waals surface area contributed by atoms with Crippen LogP contribution in [-0.2, 0) is 6.42 Å². The first-order valence-electron chi connectivity index (χ1n) is 5.83. The standard InChI is InChI=1S/C15H13BrClFO/c1-19-14-8-3-2-5-10(14)9-11(16)15-12(17)6-4-7-13(15)18/h2-8,11H,9H2,1H3. The van der Waals surface area contributed by atoms with Crippen LogP contribution < -0.4 is 4.74 Å². The topological polar surface area (TPSA) is 9.23 Å². The van der Waals surface area contributed by atoms with Crippen LogP contribution in [-0.4, -0.2) is 7.11 Å². The average molecular weight is 344 g/mol. The second-order valence-electron chi connectivity index (χ2n) is 4.12. The summed E-state index contributed by atoms with van der Waals surface area (Å²) in [4.78, 5) is -0.197. The van der Waals surface area contributed by atoms with Crippen LogP contribution in [0.25, 0.3) is 0 Å². The van der Waals surface area contributed by atoms with Crippen LogP contribution in [0.2, 0.25) is 5.02 Å². The summed E-state index contributed by atoms with van der Waals surface area (Å²) in [5.74, 6) is 0.490. The van der Waals surface area contributed by atoms with Gasteiger partial charge in [0.05, 0.1) is 7.11 Å². The Morgan fingerprint density at radius 1 is 1.21 bits per heavy atom. The van der Waals surface area contributed by atoms with Gasteiger partial charge in [0.25, 0.3) is 0 Å². The van der Waals surface area contributed by atoms with E-state index in [1.165, 1.54) is 6.07 Å². The Hall–Kier alpha value is -1.06. The molecule has 0 aromatic heterocycles. The fourth-order valence-corrected chi connectivity index (χ4v) is 3.22. The predicted molar refractivity (Wildman–Crippen MR) is 79.8 cm³/mol. The summed E-state index contributed by atoms with van der Waals surface area (Å²) < 4.78 is 19.1. The lowest BCUT2D eigenvalue weighted by Crippen LogP contribution is -2.01. The van der Waals surface area contributed by atoms with E-state index in [0.29, 0.717) is 17.0 Å². The molecule has 1 nitrogen and oxygen atoms in total. The van der Waals surface area contributed by atoms with E-state index in [1.54, 1.807) is 19.2 Å². The van der Waals surface area contributed by atoms with Crippen LogP contribution in [0.3, 0.4) is 0 Å². The van der Waals surface area contributed by atoms with Crippen molar-refractivity contribution < 1.29 is 9.13 Å². The third-order valence-corrected chi connectivity index (χ3v) is 4.02. The highest BCUT2D eigenvalue weighted by Crippen LogP contribution is 2.35. The molecule has 0 aliphatic heterocycles. The molecule has 0 amide bonds. The highest BCUT2D eigenvalue weighted by molar-refractivity contribution is 9.09. The van der Waals surface area contributed by atoms with Gasteiger partial charge in [-0.3, -0.25) is 0 Å². The first-order valence-corrected chi connectivity index (χ1v) is 7.12. The van der Waals surface area contributed by atoms with Crippen LogP contribution >= 0.6 is 27.5 Å². The van der Waals surface area contributed by atoms with E-state index in [4.69, 9.17) is 16.3 Å². The fourth-order valence-electron chi connectivity index (χ4n) is 1.98. The minimum atomic E-state index is -0.302. The first kappa shape index (κ1) is 14.4. The SMILES string of the molecule is COc1ccccc1CC(Br)c1c(F)cccc1Cl. The van der Waals surface area contributed by atoms with Gasteiger partial charge >= 0.3 is 0 Å². The summed E-state index contributed by atoms with van der Waals surface area (Å²) in [6, 6.07) is 12.4. The number of hydrogen-bond acceptors (Lipinski definition) is 1. The van der Waals surface area contributed by atoms with Crippen LogP contribution in [0, 0.1) is 5.82 Å². The third kappa shape index (κ3) is 3.28. The summed E-state index contributed by atoms with van der Waals surface area (Å²) in [5.41, 5.74) is 1.49. The molecule has 0 saturated carbocycles. The molecule has 19 heavy (non-hydrogen) atoms. The van der Waals surface area contributed by atoms with E-state index in [-0.39, 0.29) is 10.6 Å². The Morgan fingerprint density at radius 3 is 2.63 bits per heavy atom. The second-order valence-corrected chi connectivity index (χ2v) is 5.63. The maximum absolute atomic E-state index is 13.8. The molecule has 0 heterocycles. The van der Waals surface area contributed by atoms with Crippen molar-refractivity contribution in [3.8, 4) is 5.75 Å². The Bertz CT molecular complexity index is 554. The summed E-state index contributed by atoms with van der Waals surface area (Å²) in [7, 11) is 1.62. The zero-order valence-electron chi connectivity index (χ0n) is 10.4. The number of methoxy groups -OCH3 is 1. The summed E-state index contributed by atoms with van der Waals surface area (Å²) in [6.07, 6.45) is 0.602. The van der Waals surface area contributed by atoms with Crippen molar-refractivity contribution in [3.05, 3.63) is 64.4 Å². The minimum Gasteiger partial charge on any atom is -0.496 e. The lowest BCUT2D eigenvalue weighted by atomic mass is 10.0. The van der Waals surface area contributed by atoms with E-state index >= 15 is 0 Å². The number of para-hydroxylation sites is 1. The number of alkyl halides is 1. The van der Waals surface area contributed by atoms with Crippen molar-refractivity contribution in [2.75, 3.05) is 7.11 Å². The van der Waals surface area contributed by atoms with Gasteiger partial charge in [-0.1, -0.05) is 51.8 Å². The van der Waals surface area contributed by atoms with E-state index in [2.05, 4.69) is 15.9 Å². The van der Waals surface area contributed by atoms with Gasteiger partial charge in [0.1, 0.15) is 11.6 Å². The molecule has 0 aliphatic carbocycles. The van der Waals surface area contributed by atoms with Gasteiger partial charge in [0.2, 0.25) is 0 Å². The second kappa shape index (κ2) is 6.40. The largest absolute Gasteiger partial charge is 0.496 e. The minimum absolute atomic E-state index is 0.197. The molecule has 2 rings (SSSR count). The predicted octanol–water partition coefficient (Wildman–Crippen LogP) is 5.17. The van der Waals surface area contributed by atoms with Gasteiger partial charge in [-0.2, -0.15) is 0 Å². The van der Waals surface area contributed by atoms with Gasteiger partial charge in [-0.25, -0.2) is 4.39 Å². The Morgan fingerprint density at radius 2 is 1.95 bits per heavy atom. The number of rotatable bonds is 4. The molecule has 0 spiro atoms. The summed E-state index contributed by atoms with van der Waals surface area (Å²) in [5, 5.41) is 0.428. The van der Waals surface area contributed by atoms with Gasteiger partial charge in [0, 0.05) is 15.4 Å². The molecule has 0 saturated heterocycles.